The second-order valence-corrected chi connectivity index (χ2v) is 8.98. The van der Waals surface area contributed by atoms with E-state index in [-0.39, 0.29) is 12.1 Å². The molecule has 182 valence electrons. The Kier molecular flexibility index (Phi) is 6.19. The van der Waals surface area contributed by atoms with Crippen LogP contribution in [0.4, 0.5) is 5.69 Å². The highest BCUT2D eigenvalue weighted by Gasteiger charge is 2.29. The highest BCUT2D eigenvalue weighted by molar-refractivity contribution is 5.81. The number of nitrogens with one attached hydrogen (secondary N) is 2. The third-order valence-corrected chi connectivity index (χ3v) is 6.59. The molecule has 1 aliphatic heterocycles. The Morgan fingerprint density at radius 2 is 1.81 bits per heavy atom. The first-order valence-corrected chi connectivity index (χ1v) is 12.2. The second kappa shape index (κ2) is 10.1. The molecule has 3 aromatic carbocycles. The summed E-state index contributed by atoms with van der Waals surface area (Å²) in [4.78, 5) is 4.64. The van der Waals surface area contributed by atoms with Crippen molar-refractivity contribution in [1.29, 1.82) is 5.26 Å². The van der Waals surface area contributed by atoms with Gasteiger partial charge in [-0.2, -0.15) is 5.26 Å². The predicted molar refractivity (Wildman–Crippen MR) is 140 cm³/mol. The summed E-state index contributed by atoms with van der Waals surface area (Å²) in [5, 5.41) is 24.0. The number of benzene rings is 3. The van der Waals surface area contributed by atoms with Crippen molar-refractivity contribution in [2.45, 2.75) is 18.6 Å². The maximum Gasteiger partial charge on any atom is 0.237 e. The molecule has 2 aromatic heterocycles. The van der Waals surface area contributed by atoms with Crippen LogP contribution in [-0.4, -0.2) is 34.5 Å². The predicted octanol–water partition coefficient (Wildman–Crippen LogP) is 4.90. The fraction of sp³-hybridized carbons (Fsp3) is 0.172. The third kappa shape index (κ3) is 4.85. The van der Waals surface area contributed by atoms with Crippen molar-refractivity contribution in [3.05, 3.63) is 102 Å². The minimum atomic E-state index is -0.147. The fourth-order valence-electron chi connectivity index (χ4n) is 4.62. The molecule has 2 N–H and O–H groups in total. The summed E-state index contributed by atoms with van der Waals surface area (Å²) < 4.78 is 11.2. The number of anilines is 1. The van der Waals surface area contributed by atoms with E-state index in [1.807, 2.05) is 72.9 Å². The van der Waals surface area contributed by atoms with Crippen LogP contribution in [-0.2, 0) is 6.42 Å². The van der Waals surface area contributed by atoms with E-state index in [4.69, 9.17) is 14.6 Å². The second-order valence-electron chi connectivity index (χ2n) is 8.98. The Labute approximate surface area is 213 Å². The van der Waals surface area contributed by atoms with Gasteiger partial charge in [-0.15, -0.1) is 0 Å². The third-order valence-electron chi connectivity index (χ3n) is 6.59. The van der Waals surface area contributed by atoms with Gasteiger partial charge in [-0.25, -0.2) is 9.61 Å². The Hall–Kier alpha value is -4.74. The van der Waals surface area contributed by atoms with E-state index in [1.165, 1.54) is 5.56 Å². The quantitative estimate of drug-likeness (QED) is 0.333. The first-order chi connectivity index (χ1) is 18.3. The Morgan fingerprint density at radius 3 is 2.65 bits per heavy atom. The molecule has 0 amide bonds. The van der Waals surface area contributed by atoms with Crippen molar-refractivity contribution in [2.24, 2.45) is 0 Å². The van der Waals surface area contributed by atoms with Gasteiger partial charge in [0.2, 0.25) is 5.88 Å². The molecule has 0 saturated heterocycles. The lowest BCUT2D eigenvalue weighted by molar-refractivity contribution is 0.150. The zero-order valence-corrected chi connectivity index (χ0v) is 20.0. The molecule has 37 heavy (non-hydrogen) atoms. The van der Waals surface area contributed by atoms with E-state index in [2.05, 4.69) is 44.1 Å². The number of rotatable bonds is 7. The molecule has 0 bridgehead atoms. The van der Waals surface area contributed by atoms with Crippen LogP contribution in [0.15, 0.2) is 89.7 Å². The number of ether oxygens (including phenoxy) is 1. The summed E-state index contributed by atoms with van der Waals surface area (Å²) in [6.07, 6.45) is 2.51. The topological polar surface area (TPSA) is 109 Å². The van der Waals surface area contributed by atoms with E-state index in [1.54, 1.807) is 0 Å². The molecular weight excluding hydrogens is 464 g/mol. The first-order valence-electron chi connectivity index (χ1n) is 12.2. The molecule has 0 aliphatic carbocycles. The first kappa shape index (κ1) is 22.7. The van der Waals surface area contributed by atoms with Crippen molar-refractivity contribution in [3.63, 3.8) is 0 Å². The highest BCUT2D eigenvalue weighted by Crippen LogP contribution is 2.34. The van der Waals surface area contributed by atoms with Crippen LogP contribution in [0.25, 0.3) is 22.2 Å². The standard InChI is InChI=1S/C29H24N6O2/c30-16-20-8-6-19(7-9-20)12-13-31-28(21-4-2-1-3-5-21)27-18-32-26-15-23(17-33-29(26)36-27)22-10-11-24-25(14-22)35-37-34-24/h1-11,14-15,17,27-28,31-32H,12-13,18H2/t27-,28+/m0/s1. The molecule has 8 nitrogen and oxygen atoms in total. The van der Waals surface area contributed by atoms with Crippen LogP contribution in [0.2, 0.25) is 0 Å². The summed E-state index contributed by atoms with van der Waals surface area (Å²) in [5.41, 5.74) is 7.23. The summed E-state index contributed by atoms with van der Waals surface area (Å²) >= 11 is 0. The molecule has 8 heteroatoms. The molecule has 0 spiro atoms. The monoisotopic (exact) mass is 488 g/mol. The van der Waals surface area contributed by atoms with Crippen molar-refractivity contribution < 1.29 is 9.37 Å². The van der Waals surface area contributed by atoms with E-state index in [0.717, 1.165) is 40.9 Å². The zero-order valence-electron chi connectivity index (χ0n) is 20.0. The summed E-state index contributed by atoms with van der Waals surface area (Å²) in [5.74, 6) is 0.582. The Morgan fingerprint density at radius 1 is 0.973 bits per heavy atom. The maximum atomic E-state index is 9.02. The SMILES string of the molecule is N#Cc1ccc(CCN[C@H](c2ccccc2)[C@@H]2CNc3cc(-c4ccc5nonc5c4)cnc3O2)cc1. The minimum absolute atomic E-state index is 0.0243. The average molecular weight is 489 g/mol. The number of hydrogen-bond acceptors (Lipinski definition) is 8. The van der Waals surface area contributed by atoms with Crippen LogP contribution >= 0.6 is 0 Å². The largest absolute Gasteiger partial charge is 0.469 e. The number of nitriles is 1. The molecule has 6 rings (SSSR count). The van der Waals surface area contributed by atoms with E-state index in [0.29, 0.717) is 23.5 Å². The van der Waals surface area contributed by atoms with Gasteiger partial charge in [-0.05, 0) is 70.3 Å². The van der Waals surface area contributed by atoms with Gasteiger partial charge in [0.1, 0.15) is 17.1 Å². The zero-order chi connectivity index (χ0) is 25.0. The molecular formula is C29H24N6O2. The molecule has 3 heterocycles. The van der Waals surface area contributed by atoms with Crippen molar-refractivity contribution >= 4 is 16.7 Å². The van der Waals surface area contributed by atoms with E-state index in [9.17, 15) is 0 Å². The van der Waals surface area contributed by atoms with Gasteiger partial charge in [0.05, 0.1) is 29.9 Å². The van der Waals surface area contributed by atoms with E-state index < -0.39 is 0 Å². The van der Waals surface area contributed by atoms with Crippen LogP contribution in [0.1, 0.15) is 22.7 Å². The van der Waals surface area contributed by atoms with Crippen molar-refractivity contribution in [2.75, 3.05) is 18.4 Å². The van der Waals surface area contributed by atoms with Gasteiger partial charge in [0, 0.05) is 11.8 Å². The van der Waals surface area contributed by atoms with Crippen LogP contribution in [0, 0.1) is 11.3 Å². The normalized spacial score (nSPS) is 15.3. The van der Waals surface area contributed by atoms with Gasteiger partial charge >= 0.3 is 0 Å². The number of fused-ring (bicyclic) bond motifs is 2. The van der Waals surface area contributed by atoms with Crippen LogP contribution in [0.3, 0.4) is 0 Å². The fourth-order valence-corrected chi connectivity index (χ4v) is 4.62. The summed E-state index contributed by atoms with van der Waals surface area (Å²) in [6.45, 7) is 1.40. The molecule has 2 atom stereocenters. The lowest BCUT2D eigenvalue weighted by Crippen LogP contribution is -2.43. The average Bonchev–Trinajstić information content (AvgIpc) is 3.44. The summed E-state index contributed by atoms with van der Waals surface area (Å²) in [6, 6.07) is 28.0. The Bertz CT molecular complexity index is 1560. The molecule has 0 unspecified atom stereocenters. The molecule has 0 radical (unpaired) electrons. The van der Waals surface area contributed by atoms with Gasteiger partial charge in [0.25, 0.3) is 0 Å². The minimum Gasteiger partial charge on any atom is -0.469 e. The Balaban J connectivity index is 1.18. The highest BCUT2D eigenvalue weighted by atomic mass is 16.6. The lowest BCUT2D eigenvalue weighted by atomic mass is 9.99. The number of nitrogens with zero attached hydrogens (tertiary/aromatic N) is 4. The van der Waals surface area contributed by atoms with Gasteiger partial charge < -0.3 is 15.4 Å². The number of pyridine rings is 1. The number of hydrogen-bond donors (Lipinski definition) is 2. The number of aromatic nitrogens is 3. The van der Waals surface area contributed by atoms with Crippen molar-refractivity contribution in [3.8, 4) is 23.1 Å². The van der Waals surface area contributed by atoms with Crippen LogP contribution in [0.5, 0.6) is 5.88 Å². The van der Waals surface area contributed by atoms with Gasteiger partial charge in [-0.3, -0.25) is 0 Å². The molecule has 0 fully saturated rings. The van der Waals surface area contributed by atoms with Gasteiger partial charge in [-0.1, -0.05) is 48.5 Å². The molecule has 1 aliphatic rings. The van der Waals surface area contributed by atoms with E-state index >= 15 is 0 Å². The smallest absolute Gasteiger partial charge is 0.237 e. The van der Waals surface area contributed by atoms with Crippen molar-refractivity contribution in [1.82, 2.24) is 20.6 Å². The maximum absolute atomic E-state index is 9.02. The lowest BCUT2D eigenvalue weighted by Gasteiger charge is -2.33. The summed E-state index contributed by atoms with van der Waals surface area (Å²) in [7, 11) is 0. The van der Waals surface area contributed by atoms with Gasteiger partial charge in [0.15, 0.2) is 0 Å². The molecule has 0 saturated carbocycles. The molecule has 5 aromatic rings. The van der Waals surface area contributed by atoms with Crippen LogP contribution < -0.4 is 15.4 Å².